The Labute approximate surface area is 229 Å². The molecule has 1 nitrogen and oxygen atoms in total. The first kappa shape index (κ1) is 27.5. The summed E-state index contributed by atoms with van der Waals surface area (Å²) >= 11 is 0. The van der Waals surface area contributed by atoms with Crippen LogP contribution in [0.1, 0.15) is 104 Å². The zero-order valence-corrected chi connectivity index (χ0v) is 26.0. The van der Waals surface area contributed by atoms with Crippen LogP contribution in [0.3, 0.4) is 0 Å². The maximum atomic E-state index is 4.14. The van der Waals surface area contributed by atoms with Gasteiger partial charge in [-0.15, -0.1) is 0 Å². The fourth-order valence-corrected chi connectivity index (χ4v) is 15.4. The summed E-state index contributed by atoms with van der Waals surface area (Å²) in [6.45, 7) is 24.9. The van der Waals surface area contributed by atoms with Gasteiger partial charge in [0.2, 0.25) is 0 Å². The molecule has 0 aromatic heterocycles. The van der Waals surface area contributed by atoms with E-state index in [0.717, 1.165) is 17.8 Å². The van der Waals surface area contributed by atoms with Crippen molar-refractivity contribution in [3.8, 4) is 0 Å². The Morgan fingerprint density at radius 3 is 2.35 bits per heavy atom. The van der Waals surface area contributed by atoms with E-state index in [1.807, 2.05) is 0 Å². The maximum absolute atomic E-state index is 4.14. The molecule has 0 radical (unpaired) electrons. The minimum atomic E-state index is -1.12. The van der Waals surface area contributed by atoms with Crippen LogP contribution in [0.2, 0.25) is 0 Å². The van der Waals surface area contributed by atoms with E-state index in [-0.39, 0.29) is 5.41 Å². The highest BCUT2D eigenvalue weighted by atomic mass is 31.2. The zero-order chi connectivity index (χ0) is 26.6. The van der Waals surface area contributed by atoms with E-state index in [2.05, 4.69) is 96.1 Å². The van der Waals surface area contributed by atoms with Gasteiger partial charge in [-0.2, -0.15) is 0 Å². The third-order valence-corrected chi connectivity index (χ3v) is 19.3. The van der Waals surface area contributed by atoms with Gasteiger partial charge in [0.05, 0.1) is 16.5 Å². The summed E-state index contributed by atoms with van der Waals surface area (Å²) in [5, 5.41) is 0.931. The van der Waals surface area contributed by atoms with Crippen LogP contribution in [-0.2, 0) is 0 Å². The Morgan fingerprint density at radius 1 is 1.08 bits per heavy atom. The predicted molar refractivity (Wildman–Crippen MR) is 167 cm³/mol. The molecule has 4 aliphatic rings. The van der Waals surface area contributed by atoms with E-state index in [1.165, 1.54) is 76.3 Å². The quantitative estimate of drug-likeness (QED) is 0.349. The van der Waals surface area contributed by atoms with Gasteiger partial charge in [-0.1, -0.05) is 56.7 Å². The Bertz CT molecular complexity index is 1010. The number of anilines is 1. The van der Waals surface area contributed by atoms with E-state index in [9.17, 15) is 0 Å². The maximum Gasteiger partial charge on any atom is 0.0811 e. The first-order chi connectivity index (χ1) is 17.5. The fourth-order valence-electron chi connectivity index (χ4n) is 10.2. The molecular weight excluding hydrogens is 465 g/mol. The average molecular weight is 521 g/mol. The highest BCUT2D eigenvalue weighted by Crippen LogP contribution is 2.85. The smallest absolute Gasteiger partial charge is 0.0811 e. The lowest BCUT2D eigenvalue weighted by atomic mass is 9.46. The van der Waals surface area contributed by atoms with Gasteiger partial charge in [0.25, 0.3) is 0 Å². The van der Waals surface area contributed by atoms with Gasteiger partial charge in [-0.3, -0.25) is 0 Å². The molecule has 0 bridgehead atoms. The van der Waals surface area contributed by atoms with Crippen LogP contribution in [0.5, 0.6) is 0 Å². The Morgan fingerprint density at radius 2 is 1.76 bits per heavy atom. The second-order valence-corrected chi connectivity index (χ2v) is 20.0. The van der Waals surface area contributed by atoms with Gasteiger partial charge in [0.1, 0.15) is 0 Å². The fraction of sp³-hybridized carbons (Fsp3) is 0.714. The molecule has 5 rings (SSSR count). The van der Waals surface area contributed by atoms with E-state index >= 15 is 0 Å². The molecule has 4 fully saturated rings. The molecule has 1 aromatic rings. The first-order valence-electron chi connectivity index (χ1n) is 15.5. The lowest BCUT2D eigenvalue weighted by Crippen LogP contribution is -2.55. The third-order valence-electron chi connectivity index (χ3n) is 12.4. The van der Waals surface area contributed by atoms with Crippen molar-refractivity contribution in [3.63, 3.8) is 0 Å². The molecular formula is C35H55NP+. The van der Waals surface area contributed by atoms with Crippen molar-refractivity contribution in [2.24, 2.45) is 23.2 Å². The molecule has 204 valence electrons. The van der Waals surface area contributed by atoms with E-state index in [4.69, 9.17) is 0 Å². The van der Waals surface area contributed by atoms with Crippen LogP contribution >= 0.6 is 7.26 Å². The van der Waals surface area contributed by atoms with Gasteiger partial charge in [0.15, 0.2) is 0 Å². The molecule has 0 spiro atoms. The van der Waals surface area contributed by atoms with Crippen molar-refractivity contribution in [2.75, 3.05) is 30.8 Å². The van der Waals surface area contributed by atoms with Gasteiger partial charge in [-0.05, 0) is 114 Å². The monoisotopic (exact) mass is 520 g/mol. The molecule has 2 aliphatic carbocycles. The second-order valence-electron chi connectivity index (χ2n) is 14.8. The largest absolute Gasteiger partial charge is 0.372 e. The topological polar surface area (TPSA) is 3.24 Å². The number of nitrogens with zero attached hydrogens (tertiary/aromatic N) is 1. The Kier molecular flexibility index (Phi) is 7.31. The second kappa shape index (κ2) is 9.84. The minimum Gasteiger partial charge on any atom is -0.372 e. The van der Waals surface area contributed by atoms with E-state index < -0.39 is 7.26 Å². The predicted octanol–water partition coefficient (Wildman–Crippen LogP) is 9.94. The van der Waals surface area contributed by atoms with Crippen LogP contribution < -0.4 is 4.90 Å². The number of allylic oxidation sites excluding steroid dienone is 3. The minimum absolute atomic E-state index is 0.282. The molecule has 37 heavy (non-hydrogen) atoms. The number of benzene rings is 1. The van der Waals surface area contributed by atoms with Crippen LogP contribution in [0.25, 0.3) is 0 Å². The molecule has 2 heteroatoms. The van der Waals surface area contributed by atoms with Crippen molar-refractivity contribution in [1.82, 2.24) is 0 Å². The van der Waals surface area contributed by atoms with Crippen LogP contribution in [0.15, 0.2) is 48.6 Å². The average Bonchev–Trinajstić information content (AvgIpc) is 3.48. The first-order valence-corrected chi connectivity index (χ1v) is 17.9. The number of hydrogen-bond donors (Lipinski definition) is 0. The lowest BCUT2D eigenvalue weighted by Gasteiger charge is -2.61. The molecule has 2 saturated heterocycles. The molecule has 7 atom stereocenters. The van der Waals surface area contributed by atoms with Crippen LogP contribution in [0.4, 0.5) is 5.69 Å². The molecule has 2 saturated carbocycles. The SMILES string of the molecule is C=C/C=C1/CCC2C(C(c3ccc(N4CCCC4)cc3)CC3(C)C2CC[P+]3(C)C(C)(C)C)C1(C)CCC. The summed E-state index contributed by atoms with van der Waals surface area (Å²) in [5.41, 5.74) is 5.05. The van der Waals surface area contributed by atoms with Gasteiger partial charge < -0.3 is 4.90 Å². The van der Waals surface area contributed by atoms with Crippen molar-refractivity contribution >= 4 is 12.9 Å². The van der Waals surface area contributed by atoms with E-state index in [0.29, 0.717) is 16.2 Å². The summed E-state index contributed by atoms with van der Waals surface area (Å²) in [4.78, 5) is 2.59. The molecule has 7 unspecified atom stereocenters. The standard InChI is InChI=1S/C35H55NP/c1-9-13-27-16-19-29-31-20-24-37(8,33(3,4)5)35(31,7)25-30(32(29)34(27,6)21-10-2)26-14-17-28(18-15-26)36-22-11-12-23-36/h9,13-15,17-18,29-32H,1,10-12,16,19-25H2,2-8H3/q+1/b27-13-. The van der Waals surface area contributed by atoms with Gasteiger partial charge in [-0.25, -0.2) is 0 Å². The van der Waals surface area contributed by atoms with Crippen molar-refractivity contribution in [2.45, 2.75) is 109 Å². The summed E-state index contributed by atoms with van der Waals surface area (Å²) < 4.78 is 0. The van der Waals surface area contributed by atoms with E-state index in [1.54, 1.807) is 11.1 Å². The highest BCUT2D eigenvalue weighted by molar-refractivity contribution is 7.78. The molecule has 0 N–H and O–H groups in total. The number of hydrogen-bond acceptors (Lipinski definition) is 1. The number of rotatable bonds is 5. The lowest BCUT2D eigenvalue weighted by molar-refractivity contribution is -0.00830. The summed E-state index contributed by atoms with van der Waals surface area (Å²) in [6.07, 6.45) is 16.8. The Hall–Kier alpha value is -1.07. The third kappa shape index (κ3) is 4.20. The van der Waals surface area contributed by atoms with Crippen LogP contribution in [0, 0.1) is 23.2 Å². The summed E-state index contributed by atoms with van der Waals surface area (Å²) in [7, 11) is -1.12. The Balaban J connectivity index is 1.62. The molecule has 2 aliphatic heterocycles. The van der Waals surface area contributed by atoms with Gasteiger partial charge >= 0.3 is 0 Å². The highest BCUT2D eigenvalue weighted by Gasteiger charge is 2.71. The summed E-state index contributed by atoms with van der Waals surface area (Å²) in [6, 6.07) is 10.0. The number of fused-ring (bicyclic) bond motifs is 3. The summed E-state index contributed by atoms with van der Waals surface area (Å²) in [5.74, 6) is 3.15. The molecule has 1 aromatic carbocycles. The molecule has 2 heterocycles. The van der Waals surface area contributed by atoms with Crippen molar-refractivity contribution in [3.05, 3.63) is 54.1 Å². The zero-order valence-electron chi connectivity index (χ0n) is 25.2. The van der Waals surface area contributed by atoms with Crippen molar-refractivity contribution < 1.29 is 0 Å². The normalized spacial score (nSPS) is 41.1. The van der Waals surface area contributed by atoms with Crippen molar-refractivity contribution in [1.29, 1.82) is 0 Å². The van der Waals surface area contributed by atoms with Gasteiger partial charge in [0, 0.05) is 38.6 Å². The molecule has 0 amide bonds. The van der Waals surface area contributed by atoms with Crippen LogP contribution in [-0.4, -0.2) is 36.2 Å².